The zero-order valence-corrected chi connectivity index (χ0v) is 14.4. The van der Waals surface area contributed by atoms with Gasteiger partial charge in [-0.3, -0.25) is 9.59 Å². The molecule has 3 saturated carbocycles. The van der Waals surface area contributed by atoms with Crippen molar-refractivity contribution in [3.05, 3.63) is 12.2 Å². The van der Waals surface area contributed by atoms with Crippen LogP contribution in [0.5, 0.6) is 0 Å². The Bertz CT molecular complexity index is 621. The summed E-state index contributed by atoms with van der Waals surface area (Å²) in [6.07, 6.45) is 8.47. The molecule has 0 amide bonds. The largest absolute Gasteiger partial charge is 0.461 e. The molecular weight excluding hydrogens is 304 g/mol. The van der Waals surface area contributed by atoms with E-state index in [1.54, 1.807) is 0 Å². The van der Waals surface area contributed by atoms with E-state index in [4.69, 9.17) is 9.47 Å². The van der Waals surface area contributed by atoms with Crippen LogP contribution in [0.2, 0.25) is 0 Å². The van der Waals surface area contributed by atoms with Crippen molar-refractivity contribution in [2.45, 2.75) is 45.6 Å². The third kappa shape index (κ3) is 1.98. The molecule has 4 aliphatic carbocycles. The monoisotopic (exact) mass is 330 g/mol. The molecule has 4 heteroatoms. The van der Waals surface area contributed by atoms with Crippen molar-refractivity contribution >= 4 is 11.9 Å². The molecule has 1 saturated heterocycles. The van der Waals surface area contributed by atoms with Crippen molar-refractivity contribution in [2.24, 2.45) is 46.8 Å². The van der Waals surface area contributed by atoms with Crippen molar-refractivity contribution in [3.8, 4) is 0 Å². The molecule has 1 aliphatic heterocycles. The van der Waals surface area contributed by atoms with Gasteiger partial charge in [0, 0.05) is 5.41 Å². The molecule has 0 radical (unpaired) electrons. The molecule has 5 rings (SSSR count). The quantitative estimate of drug-likeness (QED) is 0.453. The minimum atomic E-state index is -0.300. The maximum Gasteiger partial charge on any atom is 0.309 e. The van der Waals surface area contributed by atoms with Crippen LogP contribution in [-0.4, -0.2) is 24.6 Å². The molecule has 0 spiro atoms. The van der Waals surface area contributed by atoms with Gasteiger partial charge in [0.15, 0.2) is 0 Å². The summed E-state index contributed by atoms with van der Waals surface area (Å²) in [6.45, 7) is 4.21. The Balaban J connectivity index is 1.24. The van der Waals surface area contributed by atoms with Gasteiger partial charge >= 0.3 is 11.9 Å². The van der Waals surface area contributed by atoms with E-state index >= 15 is 0 Å². The normalized spacial score (nSPS) is 49.5. The molecule has 0 aromatic rings. The fourth-order valence-electron chi connectivity index (χ4n) is 6.66. The van der Waals surface area contributed by atoms with Gasteiger partial charge in [-0.05, 0) is 54.8 Å². The summed E-state index contributed by atoms with van der Waals surface area (Å²) in [5.41, 5.74) is -0.244. The number of esters is 2. The van der Waals surface area contributed by atoms with Crippen LogP contribution in [0.3, 0.4) is 0 Å². The lowest BCUT2D eigenvalue weighted by atomic mass is 9.69. The summed E-state index contributed by atoms with van der Waals surface area (Å²) >= 11 is 0. The molecule has 0 N–H and O–H groups in total. The minimum Gasteiger partial charge on any atom is -0.461 e. The zero-order valence-electron chi connectivity index (χ0n) is 14.4. The lowest BCUT2D eigenvalue weighted by Gasteiger charge is -2.35. The van der Waals surface area contributed by atoms with Crippen LogP contribution >= 0.6 is 0 Å². The fraction of sp³-hybridized carbons (Fsp3) is 0.800. The predicted molar refractivity (Wildman–Crippen MR) is 86.7 cm³/mol. The standard InChI is InChI=1S/C20H26O4/c1-20(2)8-16(21)24-15(20)9-23-19(22)14-7-12-6-13(14)18-11-4-3-10(5-11)17(12)18/h3-4,10-15,17-18H,5-9H2,1-2H3. The number of cyclic esters (lactones) is 1. The van der Waals surface area contributed by atoms with E-state index in [1.165, 1.54) is 12.8 Å². The molecular formula is C20H26O4. The van der Waals surface area contributed by atoms with E-state index in [0.717, 1.165) is 30.1 Å². The van der Waals surface area contributed by atoms with Crippen molar-refractivity contribution in [1.29, 1.82) is 0 Å². The Kier molecular flexibility index (Phi) is 3.03. The summed E-state index contributed by atoms with van der Waals surface area (Å²) in [4.78, 5) is 24.2. The molecule has 4 fully saturated rings. The first-order chi connectivity index (χ1) is 11.4. The van der Waals surface area contributed by atoms with Crippen molar-refractivity contribution in [1.82, 2.24) is 0 Å². The van der Waals surface area contributed by atoms with E-state index in [1.807, 2.05) is 13.8 Å². The van der Waals surface area contributed by atoms with Crippen molar-refractivity contribution < 1.29 is 19.1 Å². The summed E-state index contributed by atoms with van der Waals surface area (Å²) in [5, 5.41) is 0. The topological polar surface area (TPSA) is 52.6 Å². The third-order valence-electron chi connectivity index (χ3n) is 7.70. The van der Waals surface area contributed by atoms with Gasteiger partial charge in [-0.15, -0.1) is 0 Å². The van der Waals surface area contributed by atoms with Crippen molar-refractivity contribution in [2.75, 3.05) is 6.61 Å². The first-order valence-electron chi connectivity index (χ1n) is 9.48. The van der Waals surface area contributed by atoms with Gasteiger partial charge in [-0.2, -0.15) is 0 Å². The molecule has 8 unspecified atom stereocenters. The van der Waals surface area contributed by atoms with Gasteiger partial charge in [-0.25, -0.2) is 0 Å². The van der Waals surface area contributed by atoms with Gasteiger partial charge in [0.05, 0.1) is 12.3 Å². The highest BCUT2D eigenvalue weighted by atomic mass is 16.6. The van der Waals surface area contributed by atoms with E-state index in [0.29, 0.717) is 18.3 Å². The van der Waals surface area contributed by atoms with Gasteiger partial charge in [0.25, 0.3) is 0 Å². The number of rotatable bonds is 3. The second-order valence-electron chi connectivity index (χ2n) is 9.38. The number of allylic oxidation sites excluding steroid dienone is 2. The SMILES string of the molecule is CC1(C)CC(=O)OC1COC(=O)C1CC2CC1C1C3C=CC(C3)C21. The average Bonchev–Trinajstić information content (AvgIpc) is 3.29. The predicted octanol–water partition coefficient (Wildman–Crippen LogP) is 2.97. The molecule has 4 bridgehead atoms. The fourth-order valence-corrected chi connectivity index (χ4v) is 6.66. The Morgan fingerprint density at radius 3 is 2.67 bits per heavy atom. The lowest BCUT2D eigenvalue weighted by molar-refractivity contribution is -0.160. The highest BCUT2D eigenvalue weighted by molar-refractivity contribution is 5.74. The third-order valence-corrected chi connectivity index (χ3v) is 7.70. The van der Waals surface area contributed by atoms with Gasteiger partial charge in [-0.1, -0.05) is 26.0 Å². The Hall–Kier alpha value is -1.32. The summed E-state index contributed by atoms with van der Waals surface area (Å²) < 4.78 is 11.0. The number of ether oxygens (including phenoxy) is 2. The van der Waals surface area contributed by atoms with E-state index in [-0.39, 0.29) is 36.0 Å². The highest BCUT2D eigenvalue weighted by Gasteiger charge is 2.62. The first kappa shape index (κ1) is 15.0. The molecule has 0 aromatic carbocycles. The number of hydrogen-bond acceptors (Lipinski definition) is 4. The molecule has 8 atom stereocenters. The van der Waals surface area contributed by atoms with Crippen LogP contribution in [0.1, 0.15) is 39.5 Å². The number of carbonyl (C=O) groups excluding carboxylic acids is 2. The highest BCUT2D eigenvalue weighted by Crippen LogP contribution is 2.67. The maximum atomic E-state index is 12.7. The van der Waals surface area contributed by atoms with Crippen LogP contribution in [0.4, 0.5) is 0 Å². The summed E-state index contributed by atoms with van der Waals surface area (Å²) in [7, 11) is 0. The Labute approximate surface area is 143 Å². The Morgan fingerprint density at radius 1 is 1.21 bits per heavy atom. The molecule has 5 aliphatic rings. The molecule has 24 heavy (non-hydrogen) atoms. The zero-order chi connectivity index (χ0) is 16.6. The van der Waals surface area contributed by atoms with Crippen LogP contribution in [0.25, 0.3) is 0 Å². The summed E-state index contributed by atoms with van der Waals surface area (Å²) in [6, 6.07) is 0. The maximum absolute atomic E-state index is 12.7. The number of carbonyl (C=O) groups is 2. The summed E-state index contributed by atoms with van der Waals surface area (Å²) in [5.74, 6) is 4.13. The second kappa shape index (κ2) is 4.86. The molecule has 130 valence electrons. The van der Waals surface area contributed by atoms with Gasteiger partial charge < -0.3 is 9.47 Å². The average molecular weight is 330 g/mol. The van der Waals surface area contributed by atoms with Crippen LogP contribution < -0.4 is 0 Å². The lowest BCUT2D eigenvalue weighted by Crippen LogP contribution is -2.37. The van der Waals surface area contributed by atoms with Gasteiger partial charge in [0.2, 0.25) is 0 Å². The number of fused-ring (bicyclic) bond motifs is 9. The second-order valence-corrected chi connectivity index (χ2v) is 9.38. The van der Waals surface area contributed by atoms with E-state index < -0.39 is 0 Å². The molecule has 1 heterocycles. The molecule has 0 aromatic heterocycles. The van der Waals surface area contributed by atoms with E-state index in [2.05, 4.69) is 12.2 Å². The van der Waals surface area contributed by atoms with Crippen LogP contribution in [0.15, 0.2) is 12.2 Å². The minimum absolute atomic E-state index is 0.0496. The van der Waals surface area contributed by atoms with Gasteiger partial charge in [0.1, 0.15) is 12.7 Å². The van der Waals surface area contributed by atoms with E-state index in [9.17, 15) is 9.59 Å². The smallest absolute Gasteiger partial charge is 0.309 e. The number of hydrogen-bond donors (Lipinski definition) is 0. The Morgan fingerprint density at radius 2 is 1.96 bits per heavy atom. The molecule has 4 nitrogen and oxygen atoms in total. The van der Waals surface area contributed by atoms with Crippen LogP contribution in [-0.2, 0) is 19.1 Å². The van der Waals surface area contributed by atoms with Crippen molar-refractivity contribution in [3.63, 3.8) is 0 Å². The van der Waals surface area contributed by atoms with Crippen LogP contribution in [0, 0.1) is 46.8 Å². The first-order valence-corrected chi connectivity index (χ1v) is 9.48.